The lowest BCUT2D eigenvalue weighted by Gasteiger charge is -2.35. The van der Waals surface area contributed by atoms with Crippen LogP contribution in [0.25, 0.3) is 5.78 Å². The van der Waals surface area contributed by atoms with E-state index in [1.807, 2.05) is 13.8 Å². The summed E-state index contributed by atoms with van der Waals surface area (Å²) in [4.78, 5) is 23.6. The Balaban J connectivity index is 1.49. The van der Waals surface area contributed by atoms with E-state index in [1.165, 1.54) is 12.1 Å². The summed E-state index contributed by atoms with van der Waals surface area (Å²) >= 11 is 0. The summed E-state index contributed by atoms with van der Waals surface area (Å²) in [5.41, 5.74) is 8.93. The van der Waals surface area contributed by atoms with Crippen molar-refractivity contribution in [3.8, 4) is 0 Å². The minimum Gasteiger partial charge on any atom is -0.379 e. The smallest absolute Gasteiger partial charge is 0.254 e. The van der Waals surface area contributed by atoms with Crippen molar-refractivity contribution >= 4 is 17.6 Å². The highest BCUT2D eigenvalue weighted by Crippen LogP contribution is 2.22. The van der Waals surface area contributed by atoms with Gasteiger partial charge in [0.1, 0.15) is 5.82 Å². The molecule has 1 atom stereocenters. The minimum atomic E-state index is -0.281. The van der Waals surface area contributed by atoms with E-state index in [-0.39, 0.29) is 30.1 Å². The molecule has 0 unspecified atom stereocenters. The number of hydrogen-bond acceptors (Lipinski definition) is 7. The van der Waals surface area contributed by atoms with Crippen LogP contribution in [-0.2, 0) is 16.0 Å². The molecule has 164 valence electrons. The van der Waals surface area contributed by atoms with E-state index in [2.05, 4.69) is 25.3 Å². The molecule has 0 spiro atoms. The molecule has 1 aliphatic heterocycles. The number of nitrogens with two attached hydrogens (primary N) is 1. The van der Waals surface area contributed by atoms with Gasteiger partial charge in [0.05, 0.1) is 25.7 Å². The number of nitrogens with one attached hydrogen (secondary N) is 1. The topological polar surface area (TPSA) is 111 Å². The maximum Gasteiger partial charge on any atom is 0.254 e. The molecule has 0 radical (unpaired) electrons. The Hall–Kier alpha value is -3.11. The van der Waals surface area contributed by atoms with Gasteiger partial charge in [0.15, 0.2) is 0 Å². The number of nitrogens with zero attached hydrogens (tertiary/aromatic N) is 5. The van der Waals surface area contributed by atoms with E-state index < -0.39 is 0 Å². The third-order valence-corrected chi connectivity index (χ3v) is 5.64. The lowest BCUT2D eigenvalue weighted by Crippen LogP contribution is -2.44. The van der Waals surface area contributed by atoms with Crippen LogP contribution in [0.1, 0.15) is 28.6 Å². The molecule has 3 N–H and O–H groups in total. The maximum atomic E-state index is 13.4. The molecule has 1 fully saturated rings. The van der Waals surface area contributed by atoms with Crippen LogP contribution in [0.2, 0.25) is 0 Å². The van der Waals surface area contributed by atoms with Gasteiger partial charge < -0.3 is 15.8 Å². The van der Waals surface area contributed by atoms with Gasteiger partial charge in [0.2, 0.25) is 11.9 Å². The zero-order valence-electron chi connectivity index (χ0n) is 17.6. The maximum absolute atomic E-state index is 13.4. The Bertz CT molecular complexity index is 1080. The Morgan fingerprint density at radius 2 is 1.94 bits per heavy atom. The Morgan fingerprint density at radius 3 is 2.65 bits per heavy atom. The van der Waals surface area contributed by atoms with E-state index in [1.54, 1.807) is 16.6 Å². The third-order valence-electron chi connectivity index (χ3n) is 5.64. The van der Waals surface area contributed by atoms with Crippen LogP contribution in [0.4, 0.5) is 10.3 Å². The highest BCUT2D eigenvalue weighted by atomic mass is 19.1. The van der Waals surface area contributed by atoms with E-state index in [9.17, 15) is 9.18 Å². The molecular weight excluding hydrogens is 401 g/mol. The predicted molar refractivity (Wildman–Crippen MR) is 113 cm³/mol. The van der Waals surface area contributed by atoms with Crippen molar-refractivity contribution in [3.63, 3.8) is 0 Å². The number of amides is 1. The van der Waals surface area contributed by atoms with Crippen LogP contribution in [0.3, 0.4) is 0 Å². The second kappa shape index (κ2) is 8.94. The van der Waals surface area contributed by atoms with Gasteiger partial charge >= 0.3 is 0 Å². The van der Waals surface area contributed by atoms with Crippen LogP contribution in [0.15, 0.2) is 24.3 Å². The Morgan fingerprint density at radius 1 is 1.23 bits per heavy atom. The average Bonchev–Trinajstić information content (AvgIpc) is 3.13. The number of nitrogen functional groups attached to an aromatic ring is 1. The summed E-state index contributed by atoms with van der Waals surface area (Å²) in [6.45, 7) is 6.90. The Kier molecular flexibility index (Phi) is 6.10. The van der Waals surface area contributed by atoms with Crippen LogP contribution < -0.4 is 11.1 Å². The zero-order valence-corrected chi connectivity index (χ0v) is 17.6. The fourth-order valence-corrected chi connectivity index (χ4v) is 3.95. The summed E-state index contributed by atoms with van der Waals surface area (Å²) in [6, 6.07) is 6.36. The van der Waals surface area contributed by atoms with E-state index in [0.717, 1.165) is 35.6 Å². The summed E-state index contributed by atoms with van der Waals surface area (Å²) in [6.07, 6.45) is 0.166. The summed E-state index contributed by atoms with van der Waals surface area (Å²) in [5.74, 6) is 0.154. The molecule has 0 bridgehead atoms. The van der Waals surface area contributed by atoms with Gasteiger partial charge in [-0.15, -0.1) is 5.10 Å². The molecule has 1 saturated heterocycles. The minimum absolute atomic E-state index is 0.0636. The van der Waals surface area contributed by atoms with Crippen molar-refractivity contribution in [2.45, 2.75) is 26.3 Å². The zero-order chi connectivity index (χ0) is 22.0. The molecule has 0 aliphatic carbocycles. The molecule has 10 heteroatoms. The number of fused-ring (bicyclic) bond motifs is 1. The molecule has 31 heavy (non-hydrogen) atoms. The second-order valence-electron chi connectivity index (χ2n) is 7.64. The molecule has 2 aromatic heterocycles. The van der Waals surface area contributed by atoms with Crippen LogP contribution in [-0.4, -0.2) is 63.2 Å². The number of benzene rings is 1. The van der Waals surface area contributed by atoms with Gasteiger partial charge in [-0.2, -0.15) is 9.50 Å². The van der Waals surface area contributed by atoms with Crippen molar-refractivity contribution in [2.24, 2.45) is 0 Å². The van der Waals surface area contributed by atoms with Crippen molar-refractivity contribution in [1.82, 2.24) is 29.8 Å². The van der Waals surface area contributed by atoms with E-state index in [0.29, 0.717) is 25.5 Å². The largest absolute Gasteiger partial charge is 0.379 e. The van der Waals surface area contributed by atoms with Crippen molar-refractivity contribution < 1.29 is 13.9 Å². The van der Waals surface area contributed by atoms with Gasteiger partial charge in [0, 0.05) is 36.6 Å². The number of halogens is 1. The SMILES string of the molecule is Cc1nc2nc(N)nn2c(C)c1CC(=O)NC[C@@H](c1ccc(F)cc1)N1CCOCC1. The van der Waals surface area contributed by atoms with Crippen LogP contribution in [0, 0.1) is 19.7 Å². The fourth-order valence-electron chi connectivity index (χ4n) is 3.95. The van der Waals surface area contributed by atoms with Gasteiger partial charge in [-0.3, -0.25) is 9.69 Å². The lowest BCUT2D eigenvalue weighted by molar-refractivity contribution is -0.120. The first-order valence-electron chi connectivity index (χ1n) is 10.2. The molecular formula is C21H26FN7O2. The molecule has 0 saturated carbocycles. The van der Waals surface area contributed by atoms with Gasteiger partial charge in [0.25, 0.3) is 5.78 Å². The van der Waals surface area contributed by atoms with E-state index >= 15 is 0 Å². The van der Waals surface area contributed by atoms with Gasteiger partial charge in [-0.25, -0.2) is 9.37 Å². The van der Waals surface area contributed by atoms with E-state index in [4.69, 9.17) is 10.5 Å². The van der Waals surface area contributed by atoms with Crippen molar-refractivity contribution in [1.29, 1.82) is 0 Å². The van der Waals surface area contributed by atoms with Gasteiger partial charge in [-0.05, 0) is 31.5 Å². The highest BCUT2D eigenvalue weighted by molar-refractivity contribution is 5.79. The summed E-state index contributed by atoms with van der Waals surface area (Å²) in [7, 11) is 0. The summed E-state index contributed by atoms with van der Waals surface area (Å²) < 4.78 is 20.4. The Labute approximate surface area is 179 Å². The highest BCUT2D eigenvalue weighted by Gasteiger charge is 2.24. The predicted octanol–water partition coefficient (Wildman–Crippen LogP) is 1.19. The van der Waals surface area contributed by atoms with Crippen molar-refractivity contribution in [2.75, 3.05) is 38.6 Å². The third kappa shape index (κ3) is 4.64. The molecule has 4 rings (SSSR count). The molecule has 1 amide bonds. The monoisotopic (exact) mass is 427 g/mol. The number of carbonyl (C=O) groups is 1. The molecule has 3 aromatic rings. The second-order valence-corrected chi connectivity index (χ2v) is 7.64. The summed E-state index contributed by atoms with van der Waals surface area (Å²) in [5, 5.41) is 7.18. The van der Waals surface area contributed by atoms with Crippen molar-refractivity contribution in [3.05, 3.63) is 52.6 Å². The first-order valence-corrected chi connectivity index (χ1v) is 10.2. The lowest BCUT2D eigenvalue weighted by atomic mass is 10.0. The number of aromatic nitrogens is 4. The molecule has 1 aromatic carbocycles. The average molecular weight is 427 g/mol. The van der Waals surface area contributed by atoms with Gasteiger partial charge in [-0.1, -0.05) is 12.1 Å². The molecule has 3 heterocycles. The van der Waals surface area contributed by atoms with Crippen LogP contribution >= 0.6 is 0 Å². The normalized spacial score (nSPS) is 15.8. The number of hydrogen-bond donors (Lipinski definition) is 2. The first-order chi connectivity index (χ1) is 14.9. The quantitative estimate of drug-likeness (QED) is 0.608. The fraction of sp³-hybridized carbons (Fsp3) is 0.429. The molecule has 9 nitrogen and oxygen atoms in total. The molecule has 1 aliphatic rings. The standard InChI is InChI=1S/C21H26FN7O2/c1-13-17(14(2)29-21(25-13)26-20(23)27-29)11-19(30)24-12-18(28-7-9-31-10-8-28)15-3-5-16(22)6-4-15/h3-6,18H,7-12H2,1-2H3,(H2,23,27)(H,24,30)/t18-/m0/s1. The van der Waals surface area contributed by atoms with Crippen LogP contribution in [0.5, 0.6) is 0 Å². The number of anilines is 1. The number of aryl methyl sites for hydroxylation is 2. The number of rotatable bonds is 6. The number of ether oxygens (including phenoxy) is 1. The number of carbonyl (C=O) groups excluding carboxylic acids is 1. The number of morpholine rings is 1. The first kappa shape index (κ1) is 21.1.